The minimum absolute atomic E-state index is 0.0346. The van der Waals surface area contributed by atoms with E-state index >= 15 is 0 Å². The number of aliphatic hydroxyl groups excluding tert-OH is 1. The summed E-state index contributed by atoms with van der Waals surface area (Å²) >= 11 is 0. The fourth-order valence-electron chi connectivity index (χ4n) is 2.33. The minimum Gasteiger partial charge on any atom is -0.481 e. The Morgan fingerprint density at radius 2 is 1.95 bits per heavy atom. The SMILES string of the molecule is O=C(O)C[C@H]1C=C[C@@H](O)[C@@H]1COCc1ccccc1. The molecule has 0 aromatic heterocycles. The summed E-state index contributed by atoms with van der Waals surface area (Å²) in [5, 5.41) is 18.6. The van der Waals surface area contributed by atoms with Gasteiger partial charge < -0.3 is 14.9 Å². The summed E-state index contributed by atoms with van der Waals surface area (Å²) in [6, 6.07) is 9.77. The summed E-state index contributed by atoms with van der Waals surface area (Å²) in [7, 11) is 0. The highest BCUT2D eigenvalue weighted by molar-refractivity contribution is 5.67. The molecule has 2 N–H and O–H groups in total. The van der Waals surface area contributed by atoms with Crippen molar-refractivity contribution >= 4 is 5.97 Å². The van der Waals surface area contributed by atoms with Crippen molar-refractivity contribution < 1.29 is 19.7 Å². The topological polar surface area (TPSA) is 66.8 Å². The van der Waals surface area contributed by atoms with Gasteiger partial charge >= 0.3 is 5.97 Å². The summed E-state index contributed by atoms with van der Waals surface area (Å²) in [5.74, 6) is -1.17. The number of carbonyl (C=O) groups is 1. The molecule has 1 aromatic carbocycles. The average molecular weight is 262 g/mol. The molecule has 0 radical (unpaired) electrons. The van der Waals surface area contributed by atoms with Gasteiger partial charge in [0.25, 0.3) is 0 Å². The van der Waals surface area contributed by atoms with Crippen molar-refractivity contribution in [3.05, 3.63) is 48.0 Å². The van der Waals surface area contributed by atoms with E-state index < -0.39 is 12.1 Å². The average Bonchev–Trinajstić information content (AvgIpc) is 2.72. The molecule has 0 saturated carbocycles. The highest BCUT2D eigenvalue weighted by Gasteiger charge is 2.31. The van der Waals surface area contributed by atoms with Crippen LogP contribution in [-0.4, -0.2) is 28.9 Å². The first-order valence-electron chi connectivity index (χ1n) is 6.36. The molecule has 0 unspecified atom stereocenters. The Labute approximate surface area is 112 Å². The van der Waals surface area contributed by atoms with Gasteiger partial charge in [-0.2, -0.15) is 0 Å². The molecule has 102 valence electrons. The van der Waals surface area contributed by atoms with Gasteiger partial charge in [0.15, 0.2) is 0 Å². The molecule has 19 heavy (non-hydrogen) atoms. The molecule has 1 aromatic rings. The third kappa shape index (κ3) is 3.91. The maximum Gasteiger partial charge on any atom is 0.303 e. The lowest BCUT2D eigenvalue weighted by molar-refractivity contribution is -0.138. The van der Waals surface area contributed by atoms with Crippen LogP contribution in [0.3, 0.4) is 0 Å². The lowest BCUT2D eigenvalue weighted by Crippen LogP contribution is -2.26. The van der Waals surface area contributed by atoms with Crippen molar-refractivity contribution in [1.29, 1.82) is 0 Å². The Balaban J connectivity index is 1.82. The number of benzene rings is 1. The highest BCUT2D eigenvalue weighted by Crippen LogP contribution is 2.29. The molecule has 4 heteroatoms. The van der Waals surface area contributed by atoms with E-state index in [2.05, 4.69) is 0 Å². The molecule has 1 aliphatic carbocycles. The van der Waals surface area contributed by atoms with Crippen molar-refractivity contribution in [3.8, 4) is 0 Å². The van der Waals surface area contributed by atoms with Gasteiger partial charge in [-0.25, -0.2) is 0 Å². The number of carboxylic acids is 1. The number of allylic oxidation sites excluding steroid dienone is 1. The molecule has 0 amide bonds. The van der Waals surface area contributed by atoms with Crippen LogP contribution in [0.4, 0.5) is 0 Å². The molecule has 0 fully saturated rings. The van der Waals surface area contributed by atoms with E-state index in [4.69, 9.17) is 9.84 Å². The highest BCUT2D eigenvalue weighted by atomic mass is 16.5. The Bertz CT molecular complexity index is 441. The Hall–Kier alpha value is -1.65. The molecular weight excluding hydrogens is 244 g/mol. The van der Waals surface area contributed by atoms with Crippen LogP contribution in [0.5, 0.6) is 0 Å². The van der Waals surface area contributed by atoms with Crippen LogP contribution in [0.1, 0.15) is 12.0 Å². The minimum atomic E-state index is -0.850. The monoisotopic (exact) mass is 262 g/mol. The molecule has 0 saturated heterocycles. The number of aliphatic carboxylic acids is 1. The number of aliphatic hydroxyl groups is 1. The first kappa shape index (κ1) is 13.8. The van der Waals surface area contributed by atoms with Crippen LogP contribution in [-0.2, 0) is 16.1 Å². The zero-order valence-corrected chi connectivity index (χ0v) is 10.6. The molecule has 0 heterocycles. The van der Waals surface area contributed by atoms with Gasteiger partial charge in [-0.05, 0) is 11.5 Å². The molecule has 0 aliphatic heterocycles. The lowest BCUT2D eigenvalue weighted by Gasteiger charge is -2.21. The second kappa shape index (κ2) is 6.50. The van der Waals surface area contributed by atoms with Crippen molar-refractivity contribution in [2.24, 2.45) is 11.8 Å². The third-order valence-corrected chi connectivity index (χ3v) is 3.38. The number of hydrogen-bond donors (Lipinski definition) is 2. The third-order valence-electron chi connectivity index (χ3n) is 3.38. The summed E-state index contributed by atoms with van der Waals surface area (Å²) in [6.07, 6.45) is 2.85. The van der Waals surface area contributed by atoms with E-state index in [9.17, 15) is 9.90 Å². The molecule has 0 bridgehead atoms. The smallest absolute Gasteiger partial charge is 0.303 e. The van der Waals surface area contributed by atoms with Crippen LogP contribution in [0.15, 0.2) is 42.5 Å². The van der Waals surface area contributed by atoms with Gasteiger partial charge in [0.05, 0.1) is 25.7 Å². The van der Waals surface area contributed by atoms with Crippen LogP contribution in [0, 0.1) is 11.8 Å². The zero-order valence-electron chi connectivity index (χ0n) is 10.6. The fourth-order valence-corrected chi connectivity index (χ4v) is 2.33. The fraction of sp³-hybridized carbons (Fsp3) is 0.400. The standard InChI is InChI=1S/C15H18O4/c16-14-7-6-12(8-15(17)18)13(14)10-19-9-11-4-2-1-3-5-11/h1-7,12-14,16H,8-10H2,(H,17,18)/t12-,13-,14-/m1/s1. The summed E-state index contributed by atoms with van der Waals surface area (Å²) in [5.41, 5.74) is 1.07. The number of rotatable bonds is 6. The Morgan fingerprint density at radius 1 is 1.21 bits per heavy atom. The molecule has 0 spiro atoms. The zero-order chi connectivity index (χ0) is 13.7. The summed E-state index contributed by atoms with van der Waals surface area (Å²) in [4.78, 5) is 10.7. The first-order valence-corrected chi connectivity index (χ1v) is 6.36. The summed E-state index contributed by atoms with van der Waals surface area (Å²) in [6.45, 7) is 0.838. The van der Waals surface area contributed by atoms with Crippen LogP contribution in [0.25, 0.3) is 0 Å². The van der Waals surface area contributed by atoms with Gasteiger partial charge in [-0.3, -0.25) is 4.79 Å². The molecule has 2 rings (SSSR count). The molecule has 3 atom stereocenters. The summed E-state index contributed by atoms with van der Waals surface area (Å²) < 4.78 is 5.59. The Kier molecular flexibility index (Phi) is 4.71. The molecular formula is C15H18O4. The predicted octanol–water partition coefficient (Wildman–Crippen LogP) is 1.84. The van der Waals surface area contributed by atoms with Gasteiger partial charge in [0.1, 0.15) is 0 Å². The second-order valence-electron chi connectivity index (χ2n) is 4.80. The largest absolute Gasteiger partial charge is 0.481 e. The van der Waals surface area contributed by atoms with E-state index in [-0.39, 0.29) is 18.3 Å². The van der Waals surface area contributed by atoms with E-state index in [1.165, 1.54) is 0 Å². The van der Waals surface area contributed by atoms with Gasteiger partial charge in [-0.1, -0.05) is 42.5 Å². The van der Waals surface area contributed by atoms with E-state index in [0.717, 1.165) is 5.56 Å². The number of ether oxygens (including phenoxy) is 1. The van der Waals surface area contributed by atoms with Gasteiger partial charge in [0.2, 0.25) is 0 Å². The second-order valence-corrected chi connectivity index (χ2v) is 4.80. The van der Waals surface area contributed by atoms with Crippen molar-refractivity contribution in [2.45, 2.75) is 19.1 Å². The van der Waals surface area contributed by atoms with E-state index in [1.54, 1.807) is 12.2 Å². The maximum absolute atomic E-state index is 10.7. The molecule has 4 nitrogen and oxygen atoms in total. The Morgan fingerprint density at radius 3 is 2.63 bits per heavy atom. The number of hydrogen-bond acceptors (Lipinski definition) is 3. The van der Waals surface area contributed by atoms with Crippen LogP contribution < -0.4 is 0 Å². The van der Waals surface area contributed by atoms with E-state index in [1.807, 2.05) is 30.3 Å². The number of carboxylic acid groups (broad SMARTS) is 1. The predicted molar refractivity (Wildman–Crippen MR) is 70.5 cm³/mol. The molecule has 1 aliphatic rings. The quantitative estimate of drug-likeness (QED) is 0.768. The van der Waals surface area contributed by atoms with Crippen molar-refractivity contribution in [3.63, 3.8) is 0 Å². The van der Waals surface area contributed by atoms with E-state index in [0.29, 0.717) is 13.2 Å². The van der Waals surface area contributed by atoms with Crippen molar-refractivity contribution in [1.82, 2.24) is 0 Å². The van der Waals surface area contributed by atoms with Gasteiger partial charge in [-0.15, -0.1) is 0 Å². The van der Waals surface area contributed by atoms with Crippen LogP contribution in [0.2, 0.25) is 0 Å². The first-order chi connectivity index (χ1) is 9.16. The van der Waals surface area contributed by atoms with Crippen LogP contribution >= 0.6 is 0 Å². The lowest BCUT2D eigenvalue weighted by atomic mass is 9.92. The maximum atomic E-state index is 10.7. The van der Waals surface area contributed by atoms with Gasteiger partial charge in [0, 0.05) is 5.92 Å². The normalized spacial score (nSPS) is 25.6. The van der Waals surface area contributed by atoms with Crippen molar-refractivity contribution in [2.75, 3.05) is 6.61 Å².